The molecule has 0 unspecified atom stereocenters. The van der Waals surface area contributed by atoms with E-state index in [4.69, 9.17) is 22.3 Å². The average Bonchev–Trinajstić information content (AvgIpc) is 2.53. The van der Waals surface area contributed by atoms with Crippen LogP contribution < -0.4 is 9.47 Å². The van der Waals surface area contributed by atoms with Gasteiger partial charge in [-0.2, -0.15) is 0 Å². The van der Waals surface area contributed by atoms with Gasteiger partial charge in [-0.05, 0) is 38.8 Å². The molecule has 0 aliphatic carbocycles. The molecule has 0 radical (unpaired) electrons. The first-order chi connectivity index (χ1) is 10.6. The van der Waals surface area contributed by atoms with Crippen LogP contribution in [0, 0.1) is 62.2 Å². The fourth-order valence-electron chi connectivity index (χ4n) is 1.94. The van der Waals surface area contributed by atoms with Crippen LogP contribution in [-0.2, 0) is 0 Å². The number of rotatable bonds is 4. The lowest BCUT2D eigenvalue weighted by Crippen LogP contribution is -2.07. The van der Waals surface area contributed by atoms with Crippen molar-refractivity contribution in [2.24, 2.45) is 0 Å². The van der Waals surface area contributed by atoms with Gasteiger partial charge in [-0.25, -0.2) is 0 Å². The lowest BCUT2D eigenvalue weighted by atomic mass is 9.97. The molecule has 22 heavy (non-hydrogen) atoms. The molecule has 0 fully saturated rings. The topological polar surface area (TPSA) is 18.5 Å². The summed E-state index contributed by atoms with van der Waals surface area (Å²) in [5.41, 5.74) is 2.82. The molecule has 1 aromatic carbocycles. The quantitative estimate of drug-likeness (QED) is 0.793. The molecule has 1 aromatic rings. The van der Waals surface area contributed by atoms with Crippen LogP contribution in [-0.4, -0.2) is 13.2 Å². The highest BCUT2D eigenvalue weighted by Gasteiger charge is 2.20. The summed E-state index contributed by atoms with van der Waals surface area (Å²) in [5.74, 6) is 17.6. The summed E-state index contributed by atoms with van der Waals surface area (Å²) in [6, 6.07) is 0. The molecule has 0 saturated carbocycles. The van der Waals surface area contributed by atoms with Gasteiger partial charge in [-0.3, -0.25) is 0 Å². The Hall–Kier alpha value is -2.94. The zero-order valence-electron chi connectivity index (χ0n) is 13.4. The van der Waals surface area contributed by atoms with Crippen LogP contribution in [0.4, 0.5) is 0 Å². The molecular weight excluding hydrogens is 272 g/mol. The molecule has 0 bridgehead atoms. The van der Waals surface area contributed by atoms with Crippen molar-refractivity contribution in [3.63, 3.8) is 0 Å². The molecule has 0 aromatic heterocycles. The SMILES string of the molecule is C#Cc1c(C#C)c(OCC#CC)c(C)c(C)c1OCC#CC. The highest BCUT2D eigenvalue weighted by Crippen LogP contribution is 2.37. The van der Waals surface area contributed by atoms with Crippen molar-refractivity contribution < 1.29 is 9.47 Å². The summed E-state index contributed by atoms with van der Waals surface area (Å²) < 4.78 is 11.4. The van der Waals surface area contributed by atoms with Crippen LogP contribution in [0.3, 0.4) is 0 Å². The molecule has 2 nitrogen and oxygen atoms in total. The van der Waals surface area contributed by atoms with Gasteiger partial charge >= 0.3 is 0 Å². The summed E-state index contributed by atoms with van der Waals surface area (Å²) in [5, 5.41) is 0. The second-order valence-corrected chi connectivity index (χ2v) is 4.38. The predicted molar refractivity (Wildman–Crippen MR) is 89.7 cm³/mol. The van der Waals surface area contributed by atoms with E-state index in [1.807, 2.05) is 13.8 Å². The molecule has 0 atom stereocenters. The number of benzene rings is 1. The maximum atomic E-state index is 5.71. The van der Waals surface area contributed by atoms with Crippen LogP contribution in [0.15, 0.2) is 0 Å². The first kappa shape index (κ1) is 17.1. The van der Waals surface area contributed by atoms with Crippen molar-refractivity contribution in [2.45, 2.75) is 27.7 Å². The van der Waals surface area contributed by atoms with E-state index in [0.29, 0.717) is 22.6 Å². The Morgan fingerprint density at radius 3 is 1.41 bits per heavy atom. The molecule has 110 valence electrons. The minimum atomic E-state index is 0.261. The molecule has 0 saturated heterocycles. The molecule has 0 heterocycles. The number of terminal acetylenes is 2. The van der Waals surface area contributed by atoms with E-state index in [-0.39, 0.29) is 13.2 Å². The van der Waals surface area contributed by atoms with Gasteiger partial charge in [-0.1, -0.05) is 23.7 Å². The normalized spacial score (nSPS) is 8.45. The molecule has 0 spiro atoms. The smallest absolute Gasteiger partial charge is 0.149 e. The van der Waals surface area contributed by atoms with Gasteiger partial charge < -0.3 is 9.47 Å². The third-order valence-electron chi connectivity index (χ3n) is 3.17. The van der Waals surface area contributed by atoms with E-state index >= 15 is 0 Å². The lowest BCUT2D eigenvalue weighted by Gasteiger charge is -2.18. The van der Waals surface area contributed by atoms with Crippen LogP contribution in [0.2, 0.25) is 0 Å². The van der Waals surface area contributed by atoms with Crippen molar-refractivity contribution >= 4 is 0 Å². The van der Waals surface area contributed by atoms with Crippen molar-refractivity contribution in [3.8, 4) is 59.9 Å². The minimum absolute atomic E-state index is 0.261. The number of ether oxygens (including phenoxy) is 2. The third-order valence-corrected chi connectivity index (χ3v) is 3.17. The summed E-state index contributed by atoms with van der Waals surface area (Å²) in [6.45, 7) is 7.87. The van der Waals surface area contributed by atoms with Gasteiger partial charge in [0.1, 0.15) is 24.7 Å². The van der Waals surface area contributed by atoms with Gasteiger partial charge in [0.05, 0.1) is 11.1 Å². The summed E-state index contributed by atoms with van der Waals surface area (Å²) >= 11 is 0. The van der Waals surface area contributed by atoms with Crippen LogP contribution in [0.5, 0.6) is 11.5 Å². The first-order valence-corrected chi connectivity index (χ1v) is 6.77. The Balaban J connectivity index is 3.46. The largest absolute Gasteiger partial charge is 0.479 e. The number of hydrogen-bond acceptors (Lipinski definition) is 2. The lowest BCUT2D eigenvalue weighted by molar-refractivity contribution is 0.353. The molecule has 0 aliphatic rings. The Kier molecular flexibility index (Phi) is 6.51. The van der Waals surface area contributed by atoms with Gasteiger partial charge in [0.15, 0.2) is 0 Å². The van der Waals surface area contributed by atoms with Crippen molar-refractivity contribution in [1.29, 1.82) is 0 Å². The zero-order chi connectivity index (χ0) is 16.5. The highest BCUT2D eigenvalue weighted by molar-refractivity contribution is 5.68. The standard InChI is InChI=1S/C20H18O2/c1-7-11-13-21-19-15(5)16(6)20(22-14-12-8-2)18(10-4)17(19)9-3/h3-4H,13-14H2,1-2,5-6H3. The van der Waals surface area contributed by atoms with Crippen LogP contribution in [0.25, 0.3) is 0 Å². The second kappa shape index (κ2) is 8.37. The summed E-state index contributed by atoms with van der Waals surface area (Å²) in [6.07, 6.45) is 11.3. The zero-order valence-corrected chi connectivity index (χ0v) is 13.4. The molecule has 2 heteroatoms. The second-order valence-electron chi connectivity index (χ2n) is 4.38. The van der Waals surface area contributed by atoms with E-state index in [2.05, 4.69) is 35.5 Å². The molecule has 0 aliphatic heterocycles. The first-order valence-electron chi connectivity index (χ1n) is 6.77. The Morgan fingerprint density at radius 1 is 0.773 bits per heavy atom. The summed E-state index contributed by atoms with van der Waals surface area (Å²) in [7, 11) is 0. The van der Waals surface area contributed by atoms with Gasteiger partial charge in [0.2, 0.25) is 0 Å². The maximum Gasteiger partial charge on any atom is 0.149 e. The van der Waals surface area contributed by atoms with Crippen molar-refractivity contribution in [3.05, 3.63) is 22.3 Å². The fourth-order valence-corrected chi connectivity index (χ4v) is 1.94. The van der Waals surface area contributed by atoms with Crippen LogP contribution in [0.1, 0.15) is 36.1 Å². The molecule has 0 N–H and O–H groups in total. The van der Waals surface area contributed by atoms with Gasteiger partial charge in [0.25, 0.3) is 0 Å². The molecule has 0 amide bonds. The van der Waals surface area contributed by atoms with E-state index in [1.165, 1.54) is 0 Å². The van der Waals surface area contributed by atoms with E-state index in [1.54, 1.807) is 13.8 Å². The fraction of sp³-hybridized carbons (Fsp3) is 0.300. The Labute approximate surface area is 133 Å². The average molecular weight is 290 g/mol. The van der Waals surface area contributed by atoms with Gasteiger partial charge in [-0.15, -0.1) is 24.7 Å². The third kappa shape index (κ3) is 3.58. The molecular formula is C20H18O2. The monoisotopic (exact) mass is 290 g/mol. The number of hydrogen-bond donors (Lipinski definition) is 0. The van der Waals surface area contributed by atoms with Gasteiger partial charge in [0, 0.05) is 0 Å². The minimum Gasteiger partial charge on any atom is -0.479 e. The Bertz CT molecular complexity index is 696. The van der Waals surface area contributed by atoms with Crippen molar-refractivity contribution in [2.75, 3.05) is 13.2 Å². The summed E-state index contributed by atoms with van der Waals surface area (Å²) in [4.78, 5) is 0. The Morgan fingerprint density at radius 2 is 1.14 bits per heavy atom. The maximum absolute atomic E-state index is 5.71. The predicted octanol–water partition coefficient (Wildman–Crippen LogP) is 3.07. The molecule has 1 rings (SSSR count). The van der Waals surface area contributed by atoms with Crippen LogP contribution >= 0.6 is 0 Å². The highest BCUT2D eigenvalue weighted by atomic mass is 16.5. The van der Waals surface area contributed by atoms with E-state index in [9.17, 15) is 0 Å². The van der Waals surface area contributed by atoms with Crippen molar-refractivity contribution in [1.82, 2.24) is 0 Å². The van der Waals surface area contributed by atoms with E-state index < -0.39 is 0 Å². The van der Waals surface area contributed by atoms with E-state index in [0.717, 1.165) is 11.1 Å².